The molecule has 1 fully saturated rings. The topological polar surface area (TPSA) is 56.7 Å². The second kappa shape index (κ2) is 4.80. The van der Waals surface area contributed by atoms with Gasteiger partial charge in [-0.3, -0.25) is 0 Å². The second-order valence-corrected chi connectivity index (χ2v) is 4.91. The largest absolute Gasteiger partial charge is 0.419 e. The zero-order valence-electron chi connectivity index (χ0n) is 10.9. The van der Waals surface area contributed by atoms with Gasteiger partial charge >= 0.3 is 6.18 Å². The van der Waals surface area contributed by atoms with Gasteiger partial charge in [0.25, 0.3) is 0 Å². The minimum Gasteiger partial charge on any atom is -0.324 e. The van der Waals surface area contributed by atoms with E-state index in [2.05, 4.69) is 10.2 Å². The Balaban J connectivity index is 2.16. The number of aromatic nitrogens is 3. The summed E-state index contributed by atoms with van der Waals surface area (Å²) >= 11 is 0. The van der Waals surface area contributed by atoms with Crippen LogP contribution in [0.1, 0.15) is 30.3 Å². The number of benzene rings is 1. The third kappa shape index (κ3) is 2.39. The van der Waals surface area contributed by atoms with Crippen molar-refractivity contribution in [3.8, 4) is 11.4 Å². The average molecular weight is 300 g/mol. The van der Waals surface area contributed by atoms with Crippen LogP contribution in [0.15, 0.2) is 18.2 Å². The first-order valence-corrected chi connectivity index (χ1v) is 6.43. The molecule has 112 valence electrons. The fraction of sp³-hybridized carbons (Fsp3) is 0.385. The Morgan fingerprint density at radius 2 is 1.95 bits per heavy atom. The Labute approximate surface area is 117 Å². The minimum absolute atomic E-state index is 0.0856. The maximum absolute atomic E-state index is 14.2. The maximum atomic E-state index is 14.2. The summed E-state index contributed by atoms with van der Waals surface area (Å²) in [6.07, 6.45) is -3.03. The van der Waals surface area contributed by atoms with Gasteiger partial charge in [0.05, 0.1) is 17.7 Å². The molecule has 2 N–H and O–H groups in total. The predicted molar refractivity (Wildman–Crippen MR) is 66.6 cm³/mol. The van der Waals surface area contributed by atoms with Gasteiger partial charge in [0.15, 0.2) is 5.82 Å². The normalized spacial score (nSPS) is 15.5. The molecule has 1 aliphatic carbocycles. The second-order valence-electron chi connectivity index (χ2n) is 4.91. The zero-order valence-corrected chi connectivity index (χ0v) is 10.9. The van der Waals surface area contributed by atoms with E-state index in [0.29, 0.717) is 11.9 Å². The highest BCUT2D eigenvalue weighted by Crippen LogP contribution is 2.41. The van der Waals surface area contributed by atoms with Crippen LogP contribution in [0.3, 0.4) is 0 Å². The standard InChI is InChI=1S/C13H12F4N4/c14-11-8(2-1-3-9(11)13(15,16)17)12-20-19-10(6-18)21(12)7-4-5-7/h1-3,7H,4-6,18H2. The first kappa shape index (κ1) is 14.0. The molecule has 0 radical (unpaired) electrons. The molecule has 0 bridgehead atoms. The number of hydrogen-bond acceptors (Lipinski definition) is 3. The van der Waals surface area contributed by atoms with Gasteiger partial charge in [0.1, 0.15) is 11.6 Å². The maximum Gasteiger partial charge on any atom is 0.419 e. The van der Waals surface area contributed by atoms with Crippen LogP contribution in [-0.2, 0) is 12.7 Å². The molecule has 0 unspecified atom stereocenters. The molecule has 1 aliphatic rings. The molecule has 0 spiro atoms. The van der Waals surface area contributed by atoms with Crippen molar-refractivity contribution < 1.29 is 17.6 Å². The van der Waals surface area contributed by atoms with E-state index in [1.165, 1.54) is 6.07 Å². The SMILES string of the molecule is NCc1nnc(-c2cccc(C(F)(F)F)c2F)n1C1CC1. The lowest BCUT2D eigenvalue weighted by atomic mass is 10.1. The molecule has 0 amide bonds. The molecule has 0 saturated heterocycles. The van der Waals surface area contributed by atoms with Crippen molar-refractivity contribution in [2.75, 3.05) is 0 Å². The number of hydrogen-bond donors (Lipinski definition) is 1. The molecule has 3 rings (SSSR count). The van der Waals surface area contributed by atoms with Crippen molar-refractivity contribution >= 4 is 0 Å². The van der Waals surface area contributed by atoms with Gasteiger partial charge in [-0.25, -0.2) is 4.39 Å². The first-order chi connectivity index (χ1) is 9.93. The van der Waals surface area contributed by atoms with E-state index in [1.54, 1.807) is 4.57 Å². The van der Waals surface area contributed by atoms with Crippen molar-refractivity contribution in [2.45, 2.75) is 31.6 Å². The van der Waals surface area contributed by atoms with Gasteiger partial charge in [-0.1, -0.05) is 6.07 Å². The van der Waals surface area contributed by atoms with Crippen LogP contribution in [-0.4, -0.2) is 14.8 Å². The molecule has 1 heterocycles. The molecule has 1 aromatic carbocycles. The highest BCUT2D eigenvalue weighted by atomic mass is 19.4. The van der Waals surface area contributed by atoms with Gasteiger partial charge in [0.2, 0.25) is 0 Å². The van der Waals surface area contributed by atoms with Gasteiger partial charge in [-0.15, -0.1) is 10.2 Å². The lowest BCUT2D eigenvalue weighted by molar-refractivity contribution is -0.139. The zero-order chi connectivity index (χ0) is 15.2. The smallest absolute Gasteiger partial charge is 0.324 e. The van der Waals surface area contributed by atoms with E-state index in [9.17, 15) is 17.6 Å². The van der Waals surface area contributed by atoms with Crippen LogP contribution < -0.4 is 5.73 Å². The lowest BCUT2D eigenvalue weighted by Gasteiger charge is -2.12. The number of alkyl halides is 3. The summed E-state index contributed by atoms with van der Waals surface area (Å²) in [6.45, 7) is 0.101. The summed E-state index contributed by atoms with van der Waals surface area (Å²) < 4.78 is 54.2. The Hall–Kier alpha value is -1.96. The van der Waals surface area contributed by atoms with Gasteiger partial charge in [-0.05, 0) is 25.0 Å². The number of rotatable bonds is 3. The molecular weight excluding hydrogens is 288 g/mol. The van der Waals surface area contributed by atoms with E-state index in [-0.39, 0.29) is 24.0 Å². The van der Waals surface area contributed by atoms with E-state index in [1.807, 2.05) is 0 Å². The van der Waals surface area contributed by atoms with Crippen molar-refractivity contribution in [1.29, 1.82) is 0 Å². The quantitative estimate of drug-likeness (QED) is 0.887. The average Bonchev–Trinajstić information content (AvgIpc) is 3.17. The van der Waals surface area contributed by atoms with Crippen LogP contribution in [0.4, 0.5) is 17.6 Å². The number of halogens is 4. The fourth-order valence-corrected chi connectivity index (χ4v) is 2.29. The van der Waals surface area contributed by atoms with Crippen LogP contribution in [0, 0.1) is 5.82 Å². The molecule has 0 atom stereocenters. The Bertz CT molecular complexity index is 673. The molecular formula is C13H12F4N4. The van der Waals surface area contributed by atoms with Crippen LogP contribution in [0.2, 0.25) is 0 Å². The fourth-order valence-electron chi connectivity index (χ4n) is 2.29. The summed E-state index contributed by atoms with van der Waals surface area (Å²) in [4.78, 5) is 0. The van der Waals surface area contributed by atoms with Crippen LogP contribution >= 0.6 is 0 Å². The van der Waals surface area contributed by atoms with Crippen molar-refractivity contribution in [1.82, 2.24) is 14.8 Å². The number of nitrogens with two attached hydrogens (primary N) is 1. The Kier molecular flexibility index (Phi) is 3.20. The summed E-state index contributed by atoms with van der Waals surface area (Å²) in [5.41, 5.74) is 4.04. The van der Waals surface area contributed by atoms with E-state index in [4.69, 9.17) is 5.73 Å². The van der Waals surface area contributed by atoms with Crippen LogP contribution in [0.5, 0.6) is 0 Å². The van der Waals surface area contributed by atoms with Gasteiger partial charge in [-0.2, -0.15) is 13.2 Å². The summed E-state index contributed by atoms with van der Waals surface area (Å²) in [5.74, 6) is -0.784. The van der Waals surface area contributed by atoms with Crippen LogP contribution in [0.25, 0.3) is 11.4 Å². The molecule has 8 heteroatoms. The third-order valence-corrected chi connectivity index (χ3v) is 3.41. The van der Waals surface area contributed by atoms with E-state index < -0.39 is 17.6 Å². The minimum atomic E-state index is -4.75. The van der Waals surface area contributed by atoms with E-state index in [0.717, 1.165) is 18.9 Å². The highest BCUT2D eigenvalue weighted by molar-refractivity contribution is 5.58. The molecule has 21 heavy (non-hydrogen) atoms. The number of nitrogens with zero attached hydrogens (tertiary/aromatic N) is 3. The molecule has 0 aliphatic heterocycles. The summed E-state index contributed by atoms with van der Waals surface area (Å²) in [7, 11) is 0. The van der Waals surface area contributed by atoms with Crippen molar-refractivity contribution in [2.24, 2.45) is 5.73 Å². The predicted octanol–water partition coefficient (Wildman–Crippen LogP) is 2.90. The highest BCUT2D eigenvalue weighted by Gasteiger charge is 2.36. The Morgan fingerprint density at radius 1 is 1.24 bits per heavy atom. The van der Waals surface area contributed by atoms with Gasteiger partial charge < -0.3 is 10.3 Å². The van der Waals surface area contributed by atoms with Crippen molar-refractivity contribution in [3.05, 3.63) is 35.4 Å². The van der Waals surface area contributed by atoms with Crippen molar-refractivity contribution in [3.63, 3.8) is 0 Å². The molecule has 1 saturated carbocycles. The molecule has 4 nitrogen and oxygen atoms in total. The van der Waals surface area contributed by atoms with E-state index >= 15 is 0 Å². The molecule has 2 aromatic rings. The monoisotopic (exact) mass is 300 g/mol. The molecule has 1 aromatic heterocycles. The third-order valence-electron chi connectivity index (χ3n) is 3.41. The summed E-state index contributed by atoms with van der Waals surface area (Å²) in [5, 5.41) is 7.67. The Morgan fingerprint density at radius 3 is 2.52 bits per heavy atom. The van der Waals surface area contributed by atoms with Gasteiger partial charge in [0, 0.05) is 6.04 Å². The lowest BCUT2D eigenvalue weighted by Crippen LogP contribution is -2.11. The summed E-state index contributed by atoms with van der Waals surface area (Å²) in [6, 6.07) is 3.23. The first-order valence-electron chi connectivity index (χ1n) is 6.43.